The topological polar surface area (TPSA) is 21.3 Å². The number of benzene rings is 1. The Morgan fingerprint density at radius 3 is 2.26 bits per heavy atom. The molecule has 0 aromatic heterocycles. The molecule has 19 heavy (non-hydrogen) atoms. The van der Waals surface area contributed by atoms with Crippen LogP contribution in [0.4, 0.5) is 8.78 Å². The van der Waals surface area contributed by atoms with Crippen LogP contribution in [0.3, 0.4) is 0 Å². The number of nitrogens with one attached hydrogen (secondary N) is 1. The summed E-state index contributed by atoms with van der Waals surface area (Å²) in [6.45, 7) is 6.62. The molecule has 0 unspecified atom stereocenters. The maximum Gasteiger partial charge on any atom is 0.387 e. The third kappa shape index (κ3) is 2.59. The number of hydrogen-bond acceptors (Lipinski definition) is 2. The molecule has 0 aliphatic heterocycles. The number of ether oxygens (including phenoxy) is 1. The summed E-state index contributed by atoms with van der Waals surface area (Å²) < 4.78 is 29.2. The normalized spacial score (nSPS) is 20.6. The van der Waals surface area contributed by atoms with Gasteiger partial charge in [-0.2, -0.15) is 8.78 Å². The van der Waals surface area contributed by atoms with Crippen molar-refractivity contribution in [2.45, 2.75) is 46.9 Å². The average Bonchev–Trinajstić information content (AvgIpc) is 2.68. The standard InChI is InChI=1S/C15H21F2NO/c1-14(2)12(15(14,3)4)18-9-10-7-5-6-8-11(10)19-13(16)17/h5-8,12-13,18H,9H2,1-4H3. The highest BCUT2D eigenvalue weighted by Gasteiger charge is 2.64. The molecular weight excluding hydrogens is 248 g/mol. The first-order valence-corrected chi connectivity index (χ1v) is 6.53. The van der Waals surface area contributed by atoms with Crippen molar-refractivity contribution in [2.24, 2.45) is 10.8 Å². The van der Waals surface area contributed by atoms with Crippen LogP contribution in [0.2, 0.25) is 0 Å². The van der Waals surface area contributed by atoms with Gasteiger partial charge in [0.15, 0.2) is 0 Å². The van der Waals surface area contributed by atoms with Gasteiger partial charge >= 0.3 is 6.61 Å². The second-order valence-electron chi connectivity index (χ2n) is 6.24. The van der Waals surface area contributed by atoms with Crippen LogP contribution in [0.1, 0.15) is 33.3 Å². The van der Waals surface area contributed by atoms with E-state index in [1.807, 2.05) is 12.1 Å². The van der Waals surface area contributed by atoms with Gasteiger partial charge in [0.25, 0.3) is 0 Å². The Morgan fingerprint density at radius 2 is 1.74 bits per heavy atom. The smallest absolute Gasteiger partial charge is 0.387 e. The molecule has 0 saturated heterocycles. The third-order valence-electron chi connectivity index (χ3n) is 4.71. The van der Waals surface area contributed by atoms with E-state index in [4.69, 9.17) is 0 Å². The summed E-state index contributed by atoms with van der Waals surface area (Å²) >= 11 is 0. The Balaban J connectivity index is 2.01. The number of hydrogen-bond donors (Lipinski definition) is 1. The van der Waals surface area contributed by atoms with Gasteiger partial charge in [-0.05, 0) is 16.9 Å². The van der Waals surface area contributed by atoms with E-state index in [9.17, 15) is 8.78 Å². The molecule has 2 nitrogen and oxygen atoms in total. The molecule has 1 aromatic carbocycles. The van der Waals surface area contributed by atoms with E-state index in [0.717, 1.165) is 5.56 Å². The van der Waals surface area contributed by atoms with Crippen LogP contribution in [0, 0.1) is 10.8 Å². The summed E-state index contributed by atoms with van der Waals surface area (Å²) in [5.74, 6) is 0.251. The van der Waals surface area contributed by atoms with E-state index in [1.165, 1.54) is 0 Å². The van der Waals surface area contributed by atoms with Gasteiger partial charge in [-0.15, -0.1) is 0 Å². The van der Waals surface area contributed by atoms with Gasteiger partial charge in [-0.3, -0.25) is 0 Å². The molecule has 0 amide bonds. The zero-order valence-corrected chi connectivity index (χ0v) is 11.8. The largest absolute Gasteiger partial charge is 0.434 e. The van der Waals surface area contributed by atoms with Crippen LogP contribution < -0.4 is 10.1 Å². The molecule has 1 aliphatic carbocycles. The van der Waals surface area contributed by atoms with Crippen molar-refractivity contribution < 1.29 is 13.5 Å². The van der Waals surface area contributed by atoms with Gasteiger partial charge in [0.2, 0.25) is 0 Å². The van der Waals surface area contributed by atoms with Crippen LogP contribution in [0.5, 0.6) is 5.75 Å². The summed E-state index contributed by atoms with van der Waals surface area (Å²) in [6.07, 6.45) is 0. The third-order valence-corrected chi connectivity index (χ3v) is 4.71. The van der Waals surface area contributed by atoms with E-state index in [-0.39, 0.29) is 16.6 Å². The Morgan fingerprint density at radius 1 is 1.16 bits per heavy atom. The van der Waals surface area contributed by atoms with Crippen LogP contribution in [0.25, 0.3) is 0 Å². The maximum atomic E-state index is 12.3. The highest BCUT2D eigenvalue weighted by atomic mass is 19.3. The summed E-state index contributed by atoms with van der Waals surface area (Å²) in [4.78, 5) is 0. The Bertz CT molecular complexity index is 443. The first-order chi connectivity index (χ1) is 8.76. The quantitative estimate of drug-likeness (QED) is 0.877. The lowest BCUT2D eigenvalue weighted by Gasteiger charge is -2.12. The zero-order chi connectivity index (χ0) is 14.3. The molecule has 1 aliphatic rings. The molecule has 0 spiro atoms. The Hall–Kier alpha value is -1.16. The molecule has 1 saturated carbocycles. The molecule has 1 N–H and O–H groups in total. The maximum absolute atomic E-state index is 12.3. The molecule has 0 atom stereocenters. The van der Waals surface area contributed by atoms with Crippen molar-refractivity contribution in [1.29, 1.82) is 0 Å². The zero-order valence-electron chi connectivity index (χ0n) is 11.8. The molecule has 4 heteroatoms. The van der Waals surface area contributed by atoms with Crippen LogP contribution in [-0.2, 0) is 6.54 Å². The summed E-state index contributed by atoms with van der Waals surface area (Å²) in [5, 5.41) is 3.44. The van der Waals surface area contributed by atoms with Crippen molar-refractivity contribution in [1.82, 2.24) is 5.32 Å². The van der Waals surface area contributed by atoms with Crippen molar-refractivity contribution >= 4 is 0 Å². The van der Waals surface area contributed by atoms with E-state index in [0.29, 0.717) is 12.6 Å². The average molecular weight is 269 g/mol. The minimum absolute atomic E-state index is 0.228. The van der Waals surface area contributed by atoms with Crippen molar-refractivity contribution in [3.8, 4) is 5.75 Å². The molecule has 1 fully saturated rings. The predicted molar refractivity (Wildman–Crippen MR) is 71.3 cm³/mol. The SMILES string of the molecule is CC1(C)C(NCc2ccccc2OC(F)F)C1(C)C. The Labute approximate surface area is 113 Å². The minimum atomic E-state index is -2.78. The van der Waals surface area contributed by atoms with Gasteiger partial charge in [-0.1, -0.05) is 45.9 Å². The number of para-hydroxylation sites is 1. The lowest BCUT2D eigenvalue weighted by molar-refractivity contribution is -0.0505. The van der Waals surface area contributed by atoms with E-state index < -0.39 is 6.61 Å². The second-order valence-corrected chi connectivity index (χ2v) is 6.24. The van der Waals surface area contributed by atoms with Crippen molar-refractivity contribution in [2.75, 3.05) is 0 Å². The lowest BCUT2D eigenvalue weighted by Crippen LogP contribution is -2.22. The first kappa shape index (κ1) is 14.3. The molecule has 0 bridgehead atoms. The van der Waals surface area contributed by atoms with E-state index in [2.05, 4.69) is 37.7 Å². The first-order valence-electron chi connectivity index (χ1n) is 6.53. The highest BCUT2D eigenvalue weighted by molar-refractivity contribution is 5.33. The fraction of sp³-hybridized carbons (Fsp3) is 0.600. The van der Waals surface area contributed by atoms with Crippen molar-refractivity contribution in [3.05, 3.63) is 29.8 Å². The van der Waals surface area contributed by atoms with Gasteiger partial charge in [0.1, 0.15) is 5.75 Å². The highest BCUT2D eigenvalue weighted by Crippen LogP contribution is 2.62. The van der Waals surface area contributed by atoms with Crippen molar-refractivity contribution in [3.63, 3.8) is 0 Å². The number of halogens is 2. The van der Waals surface area contributed by atoms with Gasteiger partial charge in [0.05, 0.1) is 0 Å². The monoisotopic (exact) mass is 269 g/mol. The Kier molecular flexibility index (Phi) is 3.56. The van der Waals surface area contributed by atoms with Gasteiger partial charge in [-0.25, -0.2) is 0 Å². The van der Waals surface area contributed by atoms with Gasteiger partial charge < -0.3 is 10.1 Å². The van der Waals surface area contributed by atoms with Crippen LogP contribution in [-0.4, -0.2) is 12.7 Å². The minimum Gasteiger partial charge on any atom is -0.434 e. The molecule has 106 valence electrons. The molecule has 2 rings (SSSR count). The van der Waals surface area contributed by atoms with Crippen LogP contribution in [0.15, 0.2) is 24.3 Å². The number of rotatable bonds is 5. The second kappa shape index (κ2) is 4.75. The van der Waals surface area contributed by atoms with Crippen LogP contribution >= 0.6 is 0 Å². The molecular formula is C15H21F2NO. The molecule has 0 radical (unpaired) electrons. The predicted octanol–water partition coefficient (Wildman–Crippen LogP) is 3.81. The van der Waals surface area contributed by atoms with E-state index >= 15 is 0 Å². The summed E-state index contributed by atoms with van der Waals surface area (Å²) in [5.41, 5.74) is 1.22. The summed E-state index contributed by atoms with van der Waals surface area (Å²) in [7, 11) is 0. The molecule has 0 heterocycles. The fourth-order valence-electron chi connectivity index (χ4n) is 2.78. The summed E-state index contributed by atoms with van der Waals surface area (Å²) in [6, 6.07) is 7.31. The number of alkyl halides is 2. The lowest BCUT2D eigenvalue weighted by atomic mass is 10.0. The fourth-order valence-corrected chi connectivity index (χ4v) is 2.78. The van der Waals surface area contributed by atoms with Gasteiger partial charge in [0, 0.05) is 18.2 Å². The van der Waals surface area contributed by atoms with E-state index in [1.54, 1.807) is 12.1 Å². The molecule has 1 aromatic rings.